The number of amides is 1. The van der Waals surface area contributed by atoms with E-state index in [0.29, 0.717) is 33.9 Å². The van der Waals surface area contributed by atoms with Crippen molar-refractivity contribution in [3.8, 4) is 17.0 Å². The lowest BCUT2D eigenvalue weighted by atomic mass is 9.96. The number of ether oxygens (including phenoxy) is 1. The number of halogens is 3. The highest BCUT2D eigenvalue weighted by molar-refractivity contribution is 6.31. The van der Waals surface area contributed by atoms with E-state index in [4.69, 9.17) is 16.3 Å². The molecule has 30 heavy (non-hydrogen) atoms. The zero-order valence-electron chi connectivity index (χ0n) is 16.0. The Bertz CT molecular complexity index is 1080. The maximum atomic E-state index is 14.2. The van der Waals surface area contributed by atoms with Gasteiger partial charge in [-0.25, -0.2) is 8.78 Å². The second kappa shape index (κ2) is 8.02. The lowest BCUT2D eigenvalue weighted by molar-refractivity contribution is -0.108. The Balaban J connectivity index is 1.69. The summed E-state index contributed by atoms with van der Waals surface area (Å²) in [6.45, 7) is -0.506. The SMILES string of the molecule is Cn1nc(C(=O)N(CC=O)CC2C(F)=CC=CC2F)c2c1-c1cc(Cl)ccc1OC2. The Morgan fingerprint density at radius 2 is 2.27 bits per heavy atom. The van der Waals surface area contributed by atoms with Crippen molar-refractivity contribution in [2.24, 2.45) is 13.0 Å². The van der Waals surface area contributed by atoms with Crippen LogP contribution in [0.5, 0.6) is 5.75 Å². The third kappa shape index (κ3) is 3.52. The molecule has 4 rings (SSSR count). The van der Waals surface area contributed by atoms with Crippen molar-refractivity contribution in [2.45, 2.75) is 12.8 Å². The van der Waals surface area contributed by atoms with E-state index in [1.165, 1.54) is 12.2 Å². The minimum absolute atomic E-state index is 0.0751. The average molecular weight is 434 g/mol. The molecule has 0 bridgehead atoms. The van der Waals surface area contributed by atoms with E-state index < -0.39 is 23.8 Å². The first-order valence-electron chi connectivity index (χ1n) is 9.30. The minimum atomic E-state index is -1.59. The number of nitrogens with zero attached hydrogens (tertiary/aromatic N) is 3. The van der Waals surface area contributed by atoms with Crippen LogP contribution in [0.25, 0.3) is 11.3 Å². The van der Waals surface area contributed by atoms with Crippen LogP contribution in [0.15, 0.2) is 42.3 Å². The second-order valence-electron chi connectivity index (χ2n) is 7.09. The van der Waals surface area contributed by atoms with Gasteiger partial charge in [-0.3, -0.25) is 9.48 Å². The van der Waals surface area contributed by atoms with Crippen LogP contribution in [0.4, 0.5) is 8.78 Å². The van der Waals surface area contributed by atoms with Gasteiger partial charge < -0.3 is 14.4 Å². The molecule has 0 spiro atoms. The van der Waals surface area contributed by atoms with Gasteiger partial charge in [0.25, 0.3) is 5.91 Å². The number of carbonyl (C=O) groups is 2. The largest absolute Gasteiger partial charge is 0.488 e. The number of alkyl halides is 1. The van der Waals surface area contributed by atoms with E-state index in [9.17, 15) is 18.4 Å². The van der Waals surface area contributed by atoms with Crippen LogP contribution in [0, 0.1) is 5.92 Å². The summed E-state index contributed by atoms with van der Waals surface area (Å²) in [7, 11) is 1.68. The van der Waals surface area contributed by atoms with Crippen LogP contribution >= 0.6 is 11.6 Å². The van der Waals surface area contributed by atoms with Gasteiger partial charge in [0.05, 0.1) is 18.2 Å². The summed E-state index contributed by atoms with van der Waals surface area (Å²) < 4.78 is 35.6. The fraction of sp³-hybridized carbons (Fsp3) is 0.286. The maximum Gasteiger partial charge on any atom is 0.275 e. The molecule has 2 atom stereocenters. The van der Waals surface area contributed by atoms with Gasteiger partial charge in [-0.1, -0.05) is 17.7 Å². The first-order chi connectivity index (χ1) is 14.4. The first kappa shape index (κ1) is 20.3. The standard InChI is InChI=1S/C21H18ClF2N3O3/c1-26-20-13-9-12(22)5-6-18(13)30-11-15(20)19(25-26)21(29)27(7-8-28)10-14-16(23)3-2-4-17(14)24/h2-6,8-9,14,16H,7,10-11H2,1H3. The number of aryl methyl sites for hydroxylation is 1. The Kier molecular flexibility index (Phi) is 5.42. The molecule has 1 aliphatic carbocycles. The molecule has 0 saturated carbocycles. The fourth-order valence-corrected chi connectivity index (χ4v) is 3.92. The van der Waals surface area contributed by atoms with E-state index in [2.05, 4.69) is 5.10 Å². The second-order valence-corrected chi connectivity index (χ2v) is 7.53. The van der Waals surface area contributed by atoms with Crippen LogP contribution in [-0.2, 0) is 18.4 Å². The van der Waals surface area contributed by atoms with E-state index in [1.54, 1.807) is 29.9 Å². The lowest BCUT2D eigenvalue weighted by Gasteiger charge is -2.27. The smallest absolute Gasteiger partial charge is 0.275 e. The van der Waals surface area contributed by atoms with Crippen molar-refractivity contribution < 1.29 is 23.1 Å². The molecule has 1 aromatic carbocycles. The Hall–Kier alpha value is -3.00. The van der Waals surface area contributed by atoms with E-state index in [0.717, 1.165) is 11.0 Å². The summed E-state index contributed by atoms with van der Waals surface area (Å²) in [6, 6.07) is 5.16. The number of carbonyl (C=O) groups excluding carboxylic acids is 2. The highest BCUT2D eigenvalue weighted by Crippen LogP contribution is 2.40. The number of rotatable bonds is 5. The van der Waals surface area contributed by atoms with Gasteiger partial charge in [-0.2, -0.15) is 5.10 Å². The van der Waals surface area contributed by atoms with Crippen molar-refractivity contribution in [2.75, 3.05) is 13.1 Å². The van der Waals surface area contributed by atoms with Gasteiger partial charge in [-0.05, 0) is 30.4 Å². The predicted octanol–water partition coefficient (Wildman–Crippen LogP) is 3.65. The molecule has 2 aromatic rings. The van der Waals surface area contributed by atoms with Crippen LogP contribution in [0.2, 0.25) is 5.02 Å². The van der Waals surface area contributed by atoms with Crippen LogP contribution in [0.1, 0.15) is 16.1 Å². The number of benzene rings is 1. The normalized spacial score (nSPS) is 19.4. The molecule has 2 unspecified atom stereocenters. The number of hydrogen-bond acceptors (Lipinski definition) is 4. The molecule has 0 saturated heterocycles. The quantitative estimate of drug-likeness (QED) is 0.675. The zero-order valence-corrected chi connectivity index (χ0v) is 16.8. The highest BCUT2D eigenvalue weighted by atomic mass is 35.5. The minimum Gasteiger partial charge on any atom is -0.488 e. The van der Waals surface area contributed by atoms with Gasteiger partial charge in [0, 0.05) is 29.7 Å². The molecule has 1 aromatic heterocycles. The van der Waals surface area contributed by atoms with Crippen molar-refractivity contribution in [1.29, 1.82) is 0 Å². The number of allylic oxidation sites excluding steroid dienone is 3. The summed E-state index contributed by atoms with van der Waals surface area (Å²) in [5, 5.41) is 4.83. The number of fused-ring (bicyclic) bond motifs is 3. The van der Waals surface area contributed by atoms with Crippen LogP contribution in [0.3, 0.4) is 0 Å². The van der Waals surface area contributed by atoms with E-state index in [1.807, 2.05) is 0 Å². The molecule has 0 N–H and O–H groups in total. The van der Waals surface area contributed by atoms with Gasteiger partial charge in [0.2, 0.25) is 0 Å². The molecule has 156 valence electrons. The number of hydrogen-bond donors (Lipinski definition) is 0. The highest BCUT2D eigenvalue weighted by Gasteiger charge is 2.34. The maximum absolute atomic E-state index is 14.2. The summed E-state index contributed by atoms with van der Waals surface area (Å²) in [5.41, 5.74) is 1.97. The molecule has 6 nitrogen and oxygen atoms in total. The molecule has 2 aliphatic rings. The lowest BCUT2D eigenvalue weighted by Crippen LogP contribution is -2.40. The molecular formula is C21H18ClF2N3O3. The summed E-state index contributed by atoms with van der Waals surface area (Å²) in [4.78, 5) is 25.5. The number of aromatic nitrogens is 2. The van der Waals surface area contributed by atoms with Crippen molar-refractivity contribution in [1.82, 2.24) is 14.7 Å². The van der Waals surface area contributed by atoms with Crippen molar-refractivity contribution >= 4 is 23.8 Å². The Morgan fingerprint density at radius 1 is 1.47 bits per heavy atom. The van der Waals surface area contributed by atoms with Gasteiger partial charge in [-0.15, -0.1) is 0 Å². The molecule has 2 heterocycles. The van der Waals surface area contributed by atoms with E-state index in [-0.39, 0.29) is 25.4 Å². The first-order valence-corrected chi connectivity index (χ1v) is 9.68. The Morgan fingerprint density at radius 3 is 3.00 bits per heavy atom. The summed E-state index contributed by atoms with van der Waals surface area (Å²) in [6.07, 6.45) is 2.59. The van der Waals surface area contributed by atoms with Crippen LogP contribution < -0.4 is 4.74 Å². The summed E-state index contributed by atoms with van der Waals surface area (Å²) in [5.74, 6) is -1.83. The van der Waals surface area contributed by atoms with Gasteiger partial charge >= 0.3 is 0 Å². The van der Waals surface area contributed by atoms with Crippen molar-refractivity contribution in [3.05, 3.63) is 58.5 Å². The molecule has 1 aliphatic heterocycles. The van der Waals surface area contributed by atoms with Gasteiger partial charge in [0.15, 0.2) is 5.69 Å². The number of aldehydes is 1. The topological polar surface area (TPSA) is 64.4 Å². The molecule has 0 radical (unpaired) electrons. The van der Waals surface area contributed by atoms with E-state index >= 15 is 0 Å². The monoisotopic (exact) mass is 433 g/mol. The average Bonchev–Trinajstić information content (AvgIpc) is 3.06. The zero-order chi connectivity index (χ0) is 21.4. The molecular weight excluding hydrogens is 416 g/mol. The fourth-order valence-electron chi connectivity index (χ4n) is 3.75. The summed E-state index contributed by atoms with van der Waals surface area (Å²) >= 11 is 6.11. The molecule has 9 heteroatoms. The van der Waals surface area contributed by atoms with Gasteiger partial charge in [0.1, 0.15) is 30.6 Å². The van der Waals surface area contributed by atoms with Crippen LogP contribution in [-0.4, -0.2) is 46.1 Å². The van der Waals surface area contributed by atoms with Crippen molar-refractivity contribution in [3.63, 3.8) is 0 Å². The Labute approximate surface area is 176 Å². The predicted molar refractivity (Wildman–Crippen MR) is 107 cm³/mol. The third-order valence-corrected chi connectivity index (χ3v) is 5.44. The molecule has 0 fully saturated rings. The molecule has 1 amide bonds. The third-order valence-electron chi connectivity index (χ3n) is 5.20.